The number of nitrogens with one attached hydrogen (secondary N) is 1. The lowest BCUT2D eigenvalue weighted by Crippen LogP contribution is -2.45. The molecule has 5 nitrogen and oxygen atoms in total. The van der Waals surface area contributed by atoms with E-state index in [9.17, 15) is 9.59 Å². The Labute approximate surface area is 115 Å². The highest BCUT2D eigenvalue weighted by atomic mass is 16.4. The van der Waals surface area contributed by atoms with Gasteiger partial charge >= 0.3 is 12.0 Å². The second-order valence-electron chi connectivity index (χ2n) is 5.54. The summed E-state index contributed by atoms with van der Waals surface area (Å²) in [5, 5.41) is 11.6. The van der Waals surface area contributed by atoms with Gasteiger partial charge in [-0.1, -0.05) is 26.2 Å². The maximum Gasteiger partial charge on any atom is 0.317 e. The molecule has 0 aromatic carbocycles. The summed E-state index contributed by atoms with van der Waals surface area (Å²) in [7, 11) is 1.79. The molecule has 2 amide bonds. The molecule has 1 saturated carbocycles. The van der Waals surface area contributed by atoms with Crippen molar-refractivity contribution in [2.45, 2.75) is 57.9 Å². The van der Waals surface area contributed by atoms with Gasteiger partial charge in [0.2, 0.25) is 0 Å². The molecule has 1 atom stereocenters. The van der Waals surface area contributed by atoms with Crippen molar-refractivity contribution in [2.75, 3.05) is 13.6 Å². The summed E-state index contributed by atoms with van der Waals surface area (Å²) in [6.07, 6.45) is 6.85. The average molecular weight is 270 g/mol. The van der Waals surface area contributed by atoms with E-state index in [1.54, 1.807) is 11.9 Å². The van der Waals surface area contributed by atoms with Gasteiger partial charge in [0.1, 0.15) is 0 Å². The Balaban J connectivity index is 2.35. The number of carbonyl (C=O) groups excluding carboxylic acids is 1. The lowest BCUT2D eigenvalue weighted by Gasteiger charge is -2.28. The molecule has 0 spiro atoms. The van der Waals surface area contributed by atoms with E-state index >= 15 is 0 Å². The number of carboxylic acid groups (broad SMARTS) is 1. The van der Waals surface area contributed by atoms with Crippen LogP contribution in [0.4, 0.5) is 4.79 Å². The van der Waals surface area contributed by atoms with Crippen LogP contribution >= 0.6 is 0 Å². The third kappa shape index (κ3) is 5.94. The fourth-order valence-corrected chi connectivity index (χ4v) is 2.63. The molecular weight excluding hydrogens is 244 g/mol. The van der Waals surface area contributed by atoms with E-state index in [1.165, 1.54) is 32.1 Å². The Morgan fingerprint density at radius 3 is 2.47 bits per heavy atom. The van der Waals surface area contributed by atoms with Crippen molar-refractivity contribution >= 4 is 12.0 Å². The highest BCUT2D eigenvalue weighted by molar-refractivity contribution is 5.75. The minimum absolute atomic E-state index is 0.0144. The van der Waals surface area contributed by atoms with Crippen LogP contribution in [0.15, 0.2) is 0 Å². The molecule has 1 fully saturated rings. The molecule has 1 rings (SSSR count). The molecule has 0 aliphatic heterocycles. The number of nitrogens with zero attached hydrogens (tertiary/aromatic N) is 1. The number of carboxylic acids is 1. The second kappa shape index (κ2) is 8.02. The fraction of sp³-hybridized carbons (Fsp3) is 0.857. The summed E-state index contributed by atoms with van der Waals surface area (Å²) in [5.74, 6) is -0.272. The van der Waals surface area contributed by atoms with Crippen molar-refractivity contribution in [1.82, 2.24) is 10.2 Å². The van der Waals surface area contributed by atoms with Gasteiger partial charge in [0, 0.05) is 19.6 Å². The van der Waals surface area contributed by atoms with E-state index in [2.05, 4.69) is 5.32 Å². The van der Waals surface area contributed by atoms with Gasteiger partial charge in [-0.15, -0.1) is 0 Å². The van der Waals surface area contributed by atoms with E-state index in [1.807, 2.05) is 6.92 Å². The quantitative estimate of drug-likeness (QED) is 0.779. The Morgan fingerprint density at radius 1 is 1.32 bits per heavy atom. The highest BCUT2D eigenvalue weighted by Crippen LogP contribution is 2.24. The maximum absolute atomic E-state index is 12.0. The van der Waals surface area contributed by atoms with Gasteiger partial charge in [0.15, 0.2) is 0 Å². The molecule has 1 unspecified atom stereocenters. The number of hydrogen-bond donors (Lipinski definition) is 2. The van der Waals surface area contributed by atoms with Crippen LogP contribution in [0.1, 0.15) is 51.9 Å². The zero-order valence-corrected chi connectivity index (χ0v) is 12.0. The monoisotopic (exact) mass is 270 g/mol. The number of urea groups is 1. The predicted molar refractivity (Wildman–Crippen MR) is 74.1 cm³/mol. The maximum atomic E-state index is 12.0. The van der Waals surface area contributed by atoms with Crippen molar-refractivity contribution in [3.05, 3.63) is 0 Å². The molecule has 0 bridgehead atoms. The van der Waals surface area contributed by atoms with Crippen molar-refractivity contribution in [3.8, 4) is 0 Å². The molecule has 0 saturated heterocycles. The Morgan fingerprint density at radius 2 is 1.95 bits per heavy atom. The number of aliphatic carboxylic acids is 1. The summed E-state index contributed by atoms with van der Waals surface area (Å²) in [5.41, 5.74) is 0. The van der Waals surface area contributed by atoms with Crippen molar-refractivity contribution in [2.24, 2.45) is 5.92 Å². The predicted octanol–water partition coefficient (Wildman–Crippen LogP) is 2.46. The van der Waals surface area contributed by atoms with Crippen LogP contribution < -0.4 is 5.32 Å². The van der Waals surface area contributed by atoms with Gasteiger partial charge < -0.3 is 15.3 Å². The van der Waals surface area contributed by atoms with Crippen LogP contribution in [0.25, 0.3) is 0 Å². The van der Waals surface area contributed by atoms with E-state index in [4.69, 9.17) is 5.11 Å². The van der Waals surface area contributed by atoms with Crippen LogP contribution in [-0.4, -0.2) is 41.6 Å². The first-order valence-corrected chi connectivity index (χ1v) is 7.26. The molecule has 5 heteroatoms. The van der Waals surface area contributed by atoms with Crippen LogP contribution in [0.5, 0.6) is 0 Å². The summed E-state index contributed by atoms with van der Waals surface area (Å²) < 4.78 is 0. The molecule has 0 aromatic rings. The Hall–Kier alpha value is -1.26. The number of carbonyl (C=O) groups is 2. The molecule has 110 valence electrons. The summed E-state index contributed by atoms with van der Waals surface area (Å²) in [6, 6.07) is -0.433. The molecule has 1 aliphatic carbocycles. The highest BCUT2D eigenvalue weighted by Gasteiger charge is 2.20. The zero-order chi connectivity index (χ0) is 14.3. The van der Waals surface area contributed by atoms with E-state index in [0.717, 1.165) is 6.54 Å². The van der Waals surface area contributed by atoms with E-state index < -0.39 is 5.97 Å². The summed E-state index contributed by atoms with van der Waals surface area (Å²) in [4.78, 5) is 24.4. The average Bonchev–Trinajstić information content (AvgIpc) is 2.38. The van der Waals surface area contributed by atoms with Gasteiger partial charge in [0.25, 0.3) is 0 Å². The zero-order valence-electron chi connectivity index (χ0n) is 12.0. The molecule has 19 heavy (non-hydrogen) atoms. The smallest absolute Gasteiger partial charge is 0.317 e. The SMILES string of the molecule is CCC(CC(=O)O)NC(=O)N(C)CC1CCCCC1. The lowest BCUT2D eigenvalue weighted by molar-refractivity contribution is -0.137. The standard InChI is InChI=1S/C14H26N2O3/c1-3-12(9-13(17)18)15-14(19)16(2)10-11-7-5-4-6-8-11/h11-12H,3-10H2,1-2H3,(H,15,19)(H,17,18). The van der Waals surface area contributed by atoms with Gasteiger partial charge in [-0.05, 0) is 25.2 Å². The van der Waals surface area contributed by atoms with Crippen molar-refractivity contribution < 1.29 is 14.7 Å². The topological polar surface area (TPSA) is 69.6 Å². The van der Waals surface area contributed by atoms with Crippen LogP contribution in [0.2, 0.25) is 0 Å². The lowest BCUT2D eigenvalue weighted by atomic mass is 9.89. The third-order valence-electron chi connectivity index (χ3n) is 3.84. The van der Waals surface area contributed by atoms with E-state index in [-0.39, 0.29) is 18.5 Å². The number of hydrogen-bond acceptors (Lipinski definition) is 2. The number of rotatable bonds is 6. The second-order valence-corrected chi connectivity index (χ2v) is 5.54. The molecule has 1 aliphatic rings. The van der Waals surface area contributed by atoms with Gasteiger partial charge in [-0.3, -0.25) is 4.79 Å². The van der Waals surface area contributed by atoms with Crippen LogP contribution in [0.3, 0.4) is 0 Å². The van der Waals surface area contributed by atoms with Crippen LogP contribution in [-0.2, 0) is 4.79 Å². The fourth-order valence-electron chi connectivity index (χ4n) is 2.63. The minimum Gasteiger partial charge on any atom is -0.481 e. The largest absolute Gasteiger partial charge is 0.481 e. The van der Waals surface area contributed by atoms with Gasteiger partial charge in [-0.25, -0.2) is 4.79 Å². The molecule has 0 aromatic heterocycles. The normalized spacial score (nSPS) is 17.8. The molecule has 0 radical (unpaired) electrons. The van der Waals surface area contributed by atoms with Gasteiger partial charge in [-0.2, -0.15) is 0 Å². The van der Waals surface area contributed by atoms with Gasteiger partial charge in [0.05, 0.1) is 6.42 Å². The Kier molecular flexibility index (Phi) is 6.67. The first-order valence-electron chi connectivity index (χ1n) is 7.26. The first-order chi connectivity index (χ1) is 9.02. The Bertz CT molecular complexity index is 301. The van der Waals surface area contributed by atoms with Crippen molar-refractivity contribution in [3.63, 3.8) is 0 Å². The number of amides is 2. The van der Waals surface area contributed by atoms with Crippen molar-refractivity contribution in [1.29, 1.82) is 0 Å². The summed E-state index contributed by atoms with van der Waals surface area (Å²) in [6.45, 7) is 2.66. The third-order valence-corrected chi connectivity index (χ3v) is 3.84. The molecule has 0 heterocycles. The van der Waals surface area contributed by atoms with Crippen LogP contribution in [0, 0.1) is 5.92 Å². The minimum atomic E-state index is -0.873. The van der Waals surface area contributed by atoms with E-state index in [0.29, 0.717) is 12.3 Å². The molecular formula is C14H26N2O3. The molecule has 2 N–H and O–H groups in total. The summed E-state index contributed by atoms with van der Waals surface area (Å²) >= 11 is 0. The first kappa shape index (κ1) is 15.8.